The zero-order chi connectivity index (χ0) is 17.2. The van der Waals surface area contributed by atoms with E-state index < -0.39 is 33.3 Å². The highest BCUT2D eigenvalue weighted by Gasteiger charge is 2.22. The summed E-state index contributed by atoms with van der Waals surface area (Å²) in [5, 5.41) is 9.97. The highest BCUT2D eigenvalue weighted by Crippen LogP contribution is 2.21. The van der Waals surface area contributed by atoms with Crippen molar-refractivity contribution in [2.45, 2.75) is 25.7 Å². The van der Waals surface area contributed by atoms with Gasteiger partial charge in [-0.1, -0.05) is 35.4 Å². The zero-order valence-corrected chi connectivity index (χ0v) is 13.7. The minimum atomic E-state index is -3.65. The van der Waals surface area contributed by atoms with Crippen LogP contribution in [-0.2, 0) is 15.6 Å². The first-order chi connectivity index (χ1) is 10.7. The lowest BCUT2D eigenvalue weighted by Gasteiger charge is -2.13. The molecule has 0 aliphatic heterocycles. The van der Waals surface area contributed by atoms with Gasteiger partial charge in [-0.25, -0.2) is 17.2 Å². The van der Waals surface area contributed by atoms with E-state index in [0.717, 1.165) is 23.3 Å². The van der Waals surface area contributed by atoms with Crippen LogP contribution in [0.3, 0.4) is 0 Å². The van der Waals surface area contributed by atoms with E-state index in [-0.39, 0.29) is 11.3 Å². The highest BCUT2D eigenvalue weighted by molar-refractivity contribution is 7.90. The van der Waals surface area contributed by atoms with Crippen LogP contribution in [0.2, 0.25) is 0 Å². The summed E-state index contributed by atoms with van der Waals surface area (Å²) >= 11 is 0. The minimum absolute atomic E-state index is 0.226. The Morgan fingerprint density at radius 1 is 1.04 bits per heavy atom. The summed E-state index contributed by atoms with van der Waals surface area (Å²) in [5.41, 5.74) is 2.28. The minimum Gasteiger partial charge on any atom is -0.387 e. The summed E-state index contributed by atoms with van der Waals surface area (Å²) in [6.07, 6.45) is -1.54. The van der Waals surface area contributed by atoms with Gasteiger partial charge in [0.1, 0.15) is 11.6 Å². The SMILES string of the molecule is Cc1cc(C)cc(CS(=O)(=O)CC(O)c2ccc(F)cc2F)c1. The van der Waals surface area contributed by atoms with E-state index in [1.54, 1.807) is 12.1 Å². The standard InChI is InChI=1S/C17H18F2O3S/c1-11-5-12(2)7-13(6-11)9-23(21,22)10-17(20)15-4-3-14(18)8-16(15)19/h3-8,17,20H,9-10H2,1-2H3. The molecule has 1 atom stereocenters. The average Bonchev–Trinajstić information content (AvgIpc) is 2.35. The van der Waals surface area contributed by atoms with Gasteiger partial charge in [-0.15, -0.1) is 0 Å². The van der Waals surface area contributed by atoms with Crippen LogP contribution in [0.1, 0.15) is 28.4 Å². The molecule has 2 aromatic rings. The molecule has 0 heterocycles. The maximum absolute atomic E-state index is 13.6. The predicted octanol–water partition coefficient (Wildman–Crippen LogP) is 3.23. The maximum Gasteiger partial charge on any atom is 0.157 e. The van der Waals surface area contributed by atoms with Crippen LogP contribution in [-0.4, -0.2) is 19.3 Å². The van der Waals surface area contributed by atoms with Gasteiger partial charge in [0, 0.05) is 11.6 Å². The fourth-order valence-corrected chi connectivity index (χ4v) is 4.02. The molecular weight excluding hydrogens is 322 g/mol. The largest absolute Gasteiger partial charge is 0.387 e. The van der Waals surface area contributed by atoms with E-state index in [1.165, 1.54) is 0 Å². The van der Waals surface area contributed by atoms with Crippen molar-refractivity contribution in [1.82, 2.24) is 0 Å². The fourth-order valence-electron chi connectivity index (χ4n) is 2.57. The molecule has 0 saturated carbocycles. The van der Waals surface area contributed by atoms with Crippen LogP contribution in [0, 0.1) is 25.5 Å². The van der Waals surface area contributed by atoms with Gasteiger partial charge < -0.3 is 5.11 Å². The van der Waals surface area contributed by atoms with Crippen molar-refractivity contribution in [3.05, 3.63) is 70.3 Å². The lowest BCUT2D eigenvalue weighted by atomic mass is 10.1. The van der Waals surface area contributed by atoms with Gasteiger partial charge in [0.15, 0.2) is 9.84 Å². The number of aryl methyl sites for hydroxylation is 2. The summed E-state index contributed by atoms with van der Waals surface area (Å²) in [6.45, 7) is 3.73. The molecule has 0 spiro atoms. The number of aliphatic hydroxyl groups excluding tert-OH is 1. The maximum atomic E-state index is 13.6. The van der Waals surface area contributed by atoms with Crippen LogP contribution >= 0.6 is 0 Å². The quantitative estimate of drug-likeness (QED) is 0.909. The third-order valence-corrected chi connectivity index (χ3v) is 5.00. The molecule has 1 unspecified atom stereocenters. The number of aliphatic hydroxyl groups is 1. The van der Waals surface area contributed by atoms with Gasteiger partial charge in [-0.3, -0.25) is 0 Å². The molecule has 0 aliphatic carbocycles. The summed E-state index contributed by atoms with van der Waals surface area (Å²) in [4.78, 5) is 0. The van der Waals surface area contributed by atoms with Crippen molar-refractivity contribution in [1.29, 1.82) is 0 Å². The molecular formula is C17H18F2O3S. The lowest BCUT2D eigenvalue weighted by Crippen LogP contribution is -2.17. The topological polar surface area (TPSA) is 54.4 Å². The number of benzene rings is 2. The Kier molecular flexibility index (Phi) is 5.16. The second kappa shape index (κ2) is 6.76. The zero-order valence-electron chi connectivity index (χ0n) is 12.9. The summed E-state index contributed by atoms with van der Waals surface area (Å²) in [6, 6.07) is 8.11. The first kappa shape index (κ1) is 17.6. The van der Waals surface area contributed by atoms with Crippen LogP contribution in [0.25, 0.3) is 0 Å². The molecule has 0 aliphatic rings. The Labute approximate surface area is 134 Å². The first-order valence-corrected chi connectivity index (χ1v) is 8.89. The van der Waals surface area contributed by atoms with Crippen LogP contribution < -0.4 is 0 Å². The molecule has 0 aromatic heterocycles. The second-order valence-corrected chi connectivity index (χ2v) is 7.84. The third-order valence-electron chi connectivity index (χ3n) is 3.40. The van der Waals surface area contributed by atoms with E-state index in [1.807, 2.05) is 19.9 Å². The van der Waals surface area contributed by atoms with Crippen molar-refractivity contribution in [2.75, 3.05) is 5.75 Å². The van der Waals surface area contributed by atoms with Gasteiger partial charge in [0.25, 0.3) is 0 Å². The number of halogens is 2. The molecule has 0 fully saturated rings. The van der Waals surface area contributed by atoms with E-state index in [9.17, 15) is 22.3 Å². The third kappa shape index (κ3) is 4.84. The van der Waals surface area contributed by atoms with Crippen LogP contribution in [0.4, 0.5) is 8.78 Å². The molecule has 0 saturated heterocycles. The van der Waals surface area contributed by atoms with E-state index in [2.05, 4.69) is 0 Å². The molecule has 0 bridgehead atoms. The second-order valence-electron chi connectivity index (χ2n) is 5.73. The normalized spacial score (nSPS) is 13.1. The Bertz CT molecular complexity index is 796. The number of rotatable bonds is 5. The Morgan fingerprint density at radius 3 is 2.22 bits per heavy atom. The molecule has 3 nitrogen and oxygen atoms in total. The van der Waals surface area contributed by atoms with Crippen LogP contribution in [0.5, 0.6) is 0 Å². The molecule has 2 aromatic carbocycles. The summed E-state index contributed by atoms with van der Waals surface area (Å²) in [7, 11) is -3.65. The van der Waals surface area contributed by atoms with Gasteiger partial charge in [0.05, 0.1) is 17.6 Å². The Balaban J connectivity index is 2.17. The van der Waals surface area contributed by atoms with Crippen molar-refractivity contribution in [3.63, 3.8) is 0 Å². The number of sulfone groups is 1. The summed E-state index contributed by atoms with van der Waals surface area (Å²) in [5.74, 6) is -2.60. The molecule has 2 rings (SSSR count). The summed E-state index contributed by atoms with van der Waals surface area (Å²) < 4.78 is 50.9. The lowest BCUT2D eigenvalue weighted by molar-refractivity contribution is 0.196. The monoisotopic (exact) mass is 340 g/mol. The smallest absolute Gasteiger partial charge is 0.157 e. The number of hydrogen-bond acceptors (Lipinski definition) is 3. The van der Waals surface area contributed by atoms with Gasteiger partial charge >= 0.3 is 0 Å². The van der Waals surface area contributed by atoms with Gasteiger partial charge in [-0.2, -0.15) is 0 Å². The molecule has 0 radical (unpaired) electrons. The molecule has 23 heavy (non-hydrogen) atoms. The van der Waals surface area contributed by atoms with Crippen molar-refractivity contribution in [2.24, 2.45) is 0 Å². The Morgan fingerprint density at radius 2 is 1.65 bits per heavy atom. The van der Waals surface area contributed by atoms with Crippen molar-refractivity contribution >= 4 is 9.84 Å². The van der Waals surface area contributed by atoms with E-state index >= 15 is 0 Å². The van der Waals surface area contributed by atoms with Crippen LogP contribution in [0.15, 0.2) is 36.4 Å². The molecule has 124 valence electrons. The van der Waals surface area contributed by atoms with E-state index in [0.29, 0.717) is 11.6 Å². The Hall–Kier alpha value is -1.79. The molecule has 0 amide bonds. The first-order valence-electron chi connectivity index (χ1n) is 7.07. The average molecular weight is 340 g/mol. The molecule has 1 N–H and O–H groups in total. The molecule has 6 heteroatoms. The van der Waals surface area contributed by atoms with Gasteiger partial charge in [-0.05, 0) is 25.5 Å². The van der Waals surface area contributed by atoms with E-state index in [4.69, 9.17) is 0 Å². The highest BCUT2D eigenvalue weighted by atomic mass is 32.2. The number of hydrogen-bond donors (Lipinski definition) is 1. The fraction of sp³-hybridized carbons (Fsp3) is 0.294. The van der Waals surface area contributed by atoms with Gasteiger partial charge in [0.2, 0.25) is 0 Å². The predicted molar refractivity (Wildman–Crippen MR) is 84.7 cm³/mol. The van der Waals surface area contributed by atoms with Crippen molar-refractivity contribution < 1.29 is 22.3 Å². The van der Waals surface area contributed by atoms with Crippen molar-refractivity contribution in [3.8, 4) is 0 Å².